The van der Waals surface area contributed by atoms with Gasteiger partial charge in [0.2, 0.25) is 0 Å². The zero-order chi connectivity index (χ0) is 16.2. The third kappa shape index (κ3) is 4.27. The van der Waals surface area contributed by atoms with Gasteiger partial charge in [0.1, 0.15) is 11.3 Å². The summed E-state index contributed by atoms with van der Waals surface area (Å²) in [6.07, 6.45) is 1.02. The standard InChI is InChI=1S/C17H20N2O4.ClH/c1-18-9-12-6-7-19(10-12)16(20)11-22-14-4-2-13-3-5-17(21)23-15(13)8-14;/h2-5,8,12,18H,6-7,9-11H2,1H3;1H. The number of rotatable bonds is 5. The van der Waals surface area contributed by atoms with Crippen LogP contribution in [0.2, 0.25) is 0 Å². The van der Waals surface area contributed by atoms with Gasteiger partial charge in [-0.2, -0.15) is 0 Å². The molecule has 24 heavy (non-hydrogen) atoms. The van der Waals surface area contributed by atoms with Crippen molar-refractivity contribution < 1.29 is 13.9 Å². The van der Waals surface area contributed by atoms with Crippen molar-refractivity contribution in [1.82, 2.24) is 10.2 Å². The molecular weight excluding hydrogens is 332 g/mol. The number of nitrogens with zero attached hydrogens (tertiary/aromatic N) is 1. The lowest BCUT2D eigenvalue weighted by atomic mass is 10.1. The number of carbonyl (C=O) groups excluding carboxylic acids is 1. The molecule has 0 aliphatic carbocycles. The number of amides is 1. The van der Waals surface area contributed by atoms with Gasteiger partial charge in [0.05, 0.1) is 0 Å². The van der Waals surface area contributed by atoms with Crippen molar-refractivity contribution >= 4 is 29.3 Å². The van der Waals surface area contributed by atoms with Gasteiger partial charge in [-0.05, 0) is 44.1 Å². The van der Waals surface area contributed by atoms with Crippen LogP contribution in [0.4, 0.5) is 0 Å². The lowest BCUT2D eigenvalue weighted by Gasteiger charge is -2.17. The summed E-state index contributed by atoms with van der Waals surface area (Å²) in [4.78, 5) is 25.3. The normalized spacial score (nSPS) is 16.9. The number of nitrogens with one attached hydrogen (secondary N) is 1. The third-order valence-electron chi connectivity index (χ3n) is 4.09. The first kappa shape index (κ1) is 18.3. The van der Waals surface area contributed by atoms with Crippen molar-refractivity contribution in [2.45, 2.75) is 6.42 Å². The van der Waals surface area contributed by atoms with Gasteiger partial charge in [0, 0.05) is 30.6 Å². The van der Waals surface area contributed by atoms with Crippen LogP contribution in [0.3, 0.4) is 0 Å². The minimum absolute atomic E-state index is 0. The van der Waals surface area contributed by atoms with Crippen LogP contribution in [0.1, 0.15) is 6.42 Å². The van der Waals surface area contributed by atoms with Crippen LogP contribution in [-0.4, -0.2) is 44.1 Å². The van der Waals surface area contributed by atoms with E-state index in [1.807, 2.05) is 11.9 Å². The predicted molar refractivity (Wildman–Crippen MR) is 93.8 cm³/mol. The van der Waals surface area contributed by atoms with E-state index in [9.17, 15) is 9.59 Å². The van der Waals surface area contributed by atoms with Gasteiger partial charge in [-0.1, -0.05) is 0 Å². The molecule has 6 nitrogen and oxygen atoms in total. The van der Waals surface area contributed by atoms with E-state index in [-0.39, 0.29) is 24.9 Å². The van der Waals surface area contributed by atoms with E-state index < -0.39 is 5.63 Å². The number of benzene rings is 1. The second-order valence-electron chi connectivity index (χ2n) is 5.79. The van der Waals surface area contributed by atoms with Gasteiger partial charge < -0.3 is 19.4 Å². The molecule has 7 heteroatoms. The maximum atomic E-state index is 12.2. The first-order chi connectivity index (χ1) is 11.2. The van der Waals surface area contributed by atoms with Gasteiger partial charge in [-0.15, -0.1) is 12.4 Å². The molecule has 1 aliphatic rings. The quantitative estimate of drug-likeness (QED) is 0.829. The molecule has 0 radical (unpaired) electrons. The Morgan fingerprint density at radius 3 is 2.96 bits per heavy atom. The molecule has 1 atom stereocenters. The molecule has 1 unspecified atom stereocenters. The summed E-state index contributed by atoms with van der Waals surface area (Å²) in [6, 6.07) is 8.28. The number of hydrogen-bond donors (Lipinski definition) is 1. The first-order valence-corrected chi connectivity index (χ1v) is 7.75. The number of halogens is 1. The summed E-state index contributed by atoms with van der Waals surface area (Å²) in [6.45, 7) is 2.47. The van der Waals surface area contributed by atoms with Crippen LogP contribution in [0.25, 0.3) is 11.0 Å². The number of carbonyl (C=O) groups is 1. The lowest BCUT2D eigenvalue weighted by molar-refractivity contribution is -0.132. The molecular formula is C17H21ClN2O4. The highest BCUT2D eigenvalue weighted by atomic mass is 35.5. The second-order valence-corrected chi connectivity index (χ2v) is 5.79. The summed E-state index contributed by atoms with van der Waals surface area (Å²) >= 11 is 0. The largest absolute Gasteiger partial charge is 0.484 e. The van der Waals surface area contributed by atoms with E-state index in [0.717, 1.165) is 31.4 Å². The van der Waals surface area contributed by atoms with Crippen molar-refractivity contribution in [1.29, 1.82) is 0 Å². The van der Waals surface area contributed by atoms with Crippen LogP contribution in [0, 0.1) is 5.92 Å². The minimum atomic E-state index is -0.404. The number of ether oxygens (including phenoxy) is 1. The molecule has 1 saturated heterocycles. The molecule has 1 amide bonds. The highest BCUT2D eigenvalue weighted by Gasteiger charge is 2.25. The Morgan fingerprint density at radius 2 is 2.17 bits per heavy atom. The molecule has 2 aromatic rings. The number of hydrogen-bond acceptors (Lipinski definition) is 5. The molecule has 0 bridgehead atoms. The Balaban J connectivity index is 0.00000208. The van der Waals surface area contributed by atoms with Gasteiger partial charge >= 0.3 is 5.63 Å². The molecule has 1 aromatic carbocycles. The van der Waals surface area contributed by atoms with Crippen LogP contribution in [0.15, 0.2) is 39.5 Å². The lowest BCUT2D eigenvalue weighted by Crippen LogP contribution is -2.34. The summed E-state index contributed by atoms with van der Waals surface area (Å²) in [5, 5.41) is 3.96. The summed E-state index contributed by atoms with van der Waals surface area (Å²) < 4.78 is 10.7. The predicted octanol–water partition coefficient (Wildman–Crippen LogP) is 1.66. The van der Waals surface area contributed by atoms with E-state index >= 15 is 0 Å². The topological polar surface area (TPSA) is 71.8 Å². The fourth-order valence-corrected chi connectivity index (χ4v) is 2.88. The van der Waals surface area contributed by atoms with Crippen LogP contribution in [0.5, 0.6) is 5.75 Å². The summed E-state index contributed by atoms with van der Waals surface area (Å²) in [7, 11) is 1.92. The Kier molecular flexibility index (Phi) is 6.23. The fraction of sp³-hybridized carbons (Fsp3) is 0.412. The van der Waals surface area contributed by atoms with Gasteiger partial charge in [-0.3, -0.25) is 4.79 Å². The maximum absolute atomic E-state index is 12.2. The molecule has 1 N–H and O–H groups in total. The smallest absolute Gasteiger partial charge is 0.336 e. The second kappa shape index (κ2) is 8.17. The van der Waals surface area contributed by atoms with Crippen LogP contribution >= 0.6 is 12.4 Å². The number of likely N-dealkylation sites (tertiary alicyclic amines) is 1. The van der Waals surface area contributed by atoms with Crippen molar-refractivity contribution in [3.63, 3.8) is 0 Å². The summed E-state index contributed by atoms with van der Waals surface area (Å²) in [5.41, 5.74) is 0.0519. The highest BCUT2D eigenvalue weighted by Crippen LogP contribution is 2.20. The Labute approximate surface area is 146 Å². The number of fused-ring (bicyclic) bond motifs is 1. The van der Waals surface area contributed by atoms with Gasteiger partial charge in [-0.25, -0.2) is 4.79 Å². The zero-order valence-corrected chi connectivity index (χ0v) is 14.3. The molecule has 1 aromatic heterocycles. The molecule has 1 aliphatic heterocycles. The van der Waals surface area contributed by atoms with E-state index in [2.05, 4.69) is 5.32 Å². The monoisotopic (exact) mass is 352 g/mol. The van der Waals surface area contributed by atoms with Crippen LogP contribution in [-0.2, 0) is 4.79 Å². The van der Waals surface area contributed by atoms with E-state index in [1.54, 1.807) is 24.3 Å². The third-order valence-corrected chi connectivity index (χ3v) is 4.09. The van der Waals surface area contributed by atoms with Crippen LogP contribution < -0.4 is 15.7 Å². The maximum Gasteiger partial charge on any atom is 0.336 e. The molecule has 3 rings (SSSR count). The highest BCUT2D eigenvalue weighted by molar-refractivity contribution is 5.85. The van der Waals surface area contributed by atoms with Crippen molar-refractivity contribution in [2.24, 2.45) is 5.92 Å². The molecule has 1 fully saturated rings. The van der Waals surface area contributed by atoms with Gasteiger partial charge in [0.25, 0.3) is 5.91 Å². The average molecular weight is 353 g/mol. The Hall–Kier alpha value is -2.05. The van der Waals surface area contributed by atoms with Crippen molar-refractivity contribution in [3.05, 3.63) is 40.8 Å². The zero-order valence-electron chi connectivity index (χ0n) is 13.5. The first-order valence-electron chi connectivity index (χ1n) is 7.75. The molecule has 0 saturated carbocycles. The fourth-order valence-electron chi connectivity index (χ4n) is 2.88. The van der Waals surface area contributed by atoms with E-state index in [0.29, 0.717) is 17.3 Å². The summed E-state index contributed by atoms with van der Waals surface area (Å²) in [5.74, 6) is 1.02. The van der Waals surface area contributed by atoms with E-state index in [4.69, 9.17) is 9.15 Å². The Bertz CT molecular complexity index is 762. The van der Waals surface area contributed by atoms with Gasteiger partial charge in [0.15, 0.2) is 6.61 Å². The van der Waals surface area contributed by atoms with E-state index in [1.165, 1.54) is 6.07 Å². The molecule has 130 valence electrons. The Morgan fingerprint density at radius 1 is 1.38 bits per heavy atom. The minimum Gasteiger partial charge on any atom is -0.484 e. The SMILES string of the molecule is CNCC1CCN(C(=O)COc2ccc3ccc(=O)oc3c2)C1.Cl. The average Bonchev–Trinajstić information content (AvgIpc) is 3.01. The van der Waals surface area contributed by atoms with Crippen molar-refractivity contribution in [3.8, 4) is 5.75 Å². The van der Waals surface area contributed by atoms with Crippen molar-refractivity contribution in [2.75, 3.05) is 33.3 Å². The molecule has 0 spiro atoms. The molecule has 2 heterocycles.